The summed E-state index contributed by atoms with van der Waals surface area (Å²) in [4.78, 5) is 3.26. The lowest BCUT2D eigenvalue weighted by atomic mass is 10.1. The van der Waals surface area contributed by atoms with Crippen LogP contribution in [0, 0.1) is 0 Å². The van der Waals surface area contributed by atoms with Gasteiger partial charge in [-0.1, -0.05) is 0 Å². The molecule has 102 valence electrons. The molecule has 0 atom stereocenters. The molecule has 3 heterocycles. The van der Waals surface area contributed by atoms with Crippen molar-refractivity contribution in [2.75, 3.05) is 5.73 Å². The van der Waals surface area contributed by atoms with Gasteiger partial charge < -0.3 is 10.7 Å². The summed E-state index contributed by atoms with van der Waals surface area (Å²) < 4.78 is 1.84. The molecule has 0 spiro atoms. The van der Waals surface area contributed by atoms with Gasteiger partial charge in [0.1, 0.15) is 5.82 Å². The largest absolute Gasteiger partial charge is 0.382 e. The molecule has 21 heavy (non-hydrogen) atoms. The van der Waals surface area contributed by atoms with Crippen molar-refractivity contribution in [3.05, 3.63) is 55.0 Å². The van der Waals surface area contributed by atoms with Gasteiger partial charge in [-0.25, -0.2) is 4.68 Å². The van der Waals surface area contributed by atoms with E-state index in [9.17, 15) is 0 Å². The summed E-state index contributed by atoms with van der Waals surface area (Å²) in [5.41, 5.74) is 9.38. The zero-order chi connectivity index (χ0) is 14.2. The Labute approximate surface area is 120 Å². The Balaban J connectivity index is 1.95. The Morgan fingerprint density at radius 1 is 1.05 bits per heavy atom. The highest BCUT2D eigenvalue weighted by molar-refractivity contribution is 5.98. The molecule has 6 nitrogen and oxygen atoms in total. The normalized spacial score (nSPS) is 11.0. The van der Waals surface area contributed by atoms with Crippen LogP contribution in [0.1, 0.15) is 0 Å². The molecule has 0 saturated carbocycles. The molecule has 4 aromatic rings. The molecule has 0 fully saturated rings. The molecule has 0 bridgehead atoms. The number of benzene rings is 1. The first-order valence-corrected chi connectivity index (χ1v) is 6.52. The van der Waals surface area contributed by atoms with Gasteiger partial charge in [0.05, 0.1) is 16.9 Å². The number of aromatic amines is 1. The summed E-state index contributed by atoms with van der Waals surface area (Å²) in [6.07, 6.45) is 5.59. The van der Waals surface area contributed by atoms with Crippen molar-refractivity contribution in [1.29, 1.82) is 0 Å². The molecule has 6 heteroatoms. The van der Waals surface area contributed by atoms with Crippen LogP contribution in [0.2, 0.25) is 0 Å². The zero-order valence-corrected chi connectivity index (χ0v) is 11.1. The van der Waals surface area contributed by atoms with Gasteiger partial charge in [0.25, 0.3) is 0 Å². The molecule has 1 aromatic carbocycles. The summed E-state index contributed by atoms with van der Waals surface area (Å²) in [6, 6.07) is 11.6. The summed E-state index contributed by atoms with van der Waals surface area (Å²) in [6.45, 7) is 0. The van der Waals surface area contributed by atoms with Crippen molar-refractivity contribution < 1.29 is 0 Å². The van der Waals surface area contributed by atoms with Crippen LogP contribution in [-0.4, -0.2) is 25.0 Å². The van der Waals surface area contributed by atoms with Gasteiger partial charge in [0.2, 0.25) is 0 Å². The third-order valence-corrected chi connectivity index (χ3v) is 3.41. The summed E-state index contributed by atoms with van der Waals surface area (Å²) in [7, 11) is 0. The Bertz CT molecular complexity index is 890. The van der Waals surface area contributed by atoms with E-state index in [0.717, 1.165) is 27.8 Å². The Morgan fingerprint density at radius 2 is 2.00 bits per heavy atom. The quantitative estimate of drug-likeness (QED) is 0.588. The molecule has 0 amide bonds. The number of hydrogen-bond acceptors (Lipinski definition) is 4. The second-order valence-electron chi connectivity index (χ2n) is 4.69. The number of hydrogen-bond donors (Lipinski definition) is 2. The minimum Gasteiger partial charge on any atom is -0.382 e. The third kappa shape index (κ3) is 1.85. The molecule has 4 rings (SSSR count). The molecule has 0 aliphatic carbocycles. The highest BCUT2D eigenvalue weighted by atomic mass is 15.3. The fraction of sp³-hybridized carbons (Fsp3) is 0. The van der Waals surface area contributed by atoms with Gasteiger partial charge in [-0.15, -0.1) is 10.2 Å². The van der Waals surface area contributed by atoms with E-state index in [1.165, 1.54) is 0 Å². The number of rotatable bonds is 2. The number of anilines is 1. The average molecular weight is 276 g/mol. The Kier molecular flexibility index (Phi) is 2.47. The molecular weight excluding hydrogens is 264 g/mol. The lowest BCUT2D eigenvalue weighted by molar-refractivity contribution is 0.888. The van der Waals surface area contributed by atoms with Gasteiger partial charge >= 0.3 is 0 Å². The van der Waals surface area contributed by atoms with E-state index in [2.05, 4.69) is 20.3 Å². The second-order valence-corrected chi connectivity index (χ2v) is 4.69. The van der Waals surface area contributed by atoms with Gasteiger partial charge in [0, 0.05) is 29.5 Å². The predicted molar refractivity (Wildman–Crippen MR) is 80.9 cm³/mol. The van der Waals surface area contributed by atoms with Crippen molar-refractivity contribution in [2.45, 2.75) is 0 Å². The number of nitrogen functional groups attached to an aromatic ring is 1. The number of nitrogens with zero attached hydrogens (tertiary/aromatic N) is 4. The first-order valence-electron chi connectivity index (χ1n) is 6.52. The summed E-state index contributed by atoms with van der Waals surface area (Å²) in [5.74, 6) is 0.412. The van der Waals surface area contributed by atoms with Crippen molar-refractivity contribution in [3.8, 4) is 16.9 Å². The molecule has 0 radical (unpaired) electrons. The number of nitrogens with one attached hydrogen (secondary N) is 1. The lowest BCUT2D eigenvalue weighted by Gasteiger charge is -2.07. The van der Waals surface area contributed by atoms with E-state index in [-0.39, 0.29) is 0 Å². The van der Waals surface area contributed by atoms with Crippen LogP contribution in [0.4, 0.5) is 5.82 Å². The van der Waals surface area contributed by atoms with Crippen LogP contribution in [0.3, 0.4) is 0 Å². The van der Waals surface area contributed by atoms with E-state index >= 15 is 0 Å². The maximum atomic E-state index is 5.59. The van der Waals surface area contributed by atoms with Crippen molar-refractivity contribution in [3.63, 3.8) is 0 Å². The maximum Gasteiger partial charge on any atom is 0.146 e. The molecule has 3 aromatic heterocycles. The predicted octanol–water partition coefficient (Wildman–Crippen LogP) is 2.39. The Hall–Kier alpha value is -3.15. The van der Waals surface area contributed by atoms with Crippen molar-refractivity contribution >= 4 is 16.7 Å². The van der Waals surface area contributed by atoms with E-state index in [4.69, 9.17) is 5.73 Å². The topological polar surface area (TPSA) is 85.4 Å². The van der Waals surface area contributed by atoms with E-state index in [0.29, 0.717) is 5.82 Å². The van der Waals surface area contributed by atoms with E-state index < -0.39 is 0 Å². The molecule has 0 unspecified atom stereocenters. The first kappa shape index (κ1) is 11.7. The summed E-state index contributed by atoms with van der Waals surface area (Å²) >= 11 is 0. The molecular formula is C15H12N6. The number of nitrogens with two attached hydrogens (primary N) is 1. The van der Waals surface area contributed by atoms with Crippen LogP contribution in [0.15, 0.2) is 55.0 Å². The van der Waals surface area contributed by atoms with Crippen LogP contribution in [-0.2, 0) is 0 Å². The van der Waals surface area contributed by atoms with Crippen LogP contribution < -0.4 is 5.73 Å². The van der Waals surface area contributed by atoms with E-state index in [1.54, 1.807) is 12.3 Å². The minimum absolute atomic E-state index is 0.412. The second kappa shape index (κ2) is 4.45. The van der Waals surface area contributed by atoms with Crippen LogP contribution in [0.25, 0.3) is 27.8 Å². The molecule has 0 aliphatic rings. The van der Waals surface area contributed by atoms with Crippen LogP contribution >= 0.6 is 0 Å². The van der Waals surface area contributed by atoms with Crippen LogP contribution in [0.5, 0.6) is 0 Å². The Morgan fingerprint density at radius 3 is 2.76 bits per heavy atom. The van der Waals surface area contributed by atoms with Gasteiger partial charge in [-0.05, 0) is 36.4 Å². The minimum atomic E-state index is 0.412. The molecule has 0 aliphatic heterocycles. The highest BCUT2D eigenvalue weighted by Gasteiger charge is 2.11. The number of H-pyrrole nitrogens is 1. The van der Waals surface area contributed by atoms with Crippen molar-refractivity contribution in [2.24, 2.45) is 0 Å². The maximum absolute atomic E-state index is 5.59. The SMILES string of the molecule is Nc1ccc(-c2ccc(-n3cccn3)c3cc[nH]c23)nn1. The number of aromatic nitrogens is 5. The van der Waals surface area contributed by atoms with E-state index in [1.807, 2.05) is 47.4 Å². The lowest BCUT2D eigenvalue weighted by Crippen LogP contribution is -1.97. The van der Waals surface area contributed by atoms with Crippen molar-refractivity contribution in [1.82, 2.24) is 25.0 Å². The van der Waals surface area contributed by atoms with Gasteiger partial charge in [-0.3, -0.25) is 0 Å². The average Bonchev–Trinajstić information content (AvgIpc) is 3.19. The molecule has 3 N–H and O–H groups in total. The highest BCUT2D eigenvalue weighted by Crippen LogP contribution is 2.30. The molecule has 0 saturated heterocycles. The fourth-order valence-electron chi connectivity index (χ4n) is 2.45. The first-order chi connectivity index (χ1) is 10.3. The van der Waals surface area contributed by atoms with Gasteiger partial charge in [0.15, 0.2) is 0 Å². The zero-order valence-electron chi connectivity index (χ0n) is 11.1. The smallest absolute Gasteiger partial charge is 0.146 e. The summed E-state index contributed by atoms with van der Waals surface area (Å²) in [5, 5.41) is 13.4. The number of fused-ring (bicyclic) bond motifs is 1. The fourth-order valence-corrected chi connectivity index (χ4v) is 2.45. The monoisotopic (exact) mass is 276 g/mol. The third-order valence-electron chi connectivity index (χ3n) is 3.41. The van der Waals surface area contributed by atoms with Gasteiger partial charge in [-0.2, -0.15) is 5.10 Å². The standard InChI is InChI=1S/C15H12N6/c16-14-5-3-12(19-20-14)10-2-4-13(21-9-1-7-18-21)11-6-8-17-15(10)11/h1-9,17H,(H2,16,20).